The molecular weight excluding hydrogens is 459 g/mol. The summed E-state index contributed by atoms with van der Waals surface area (Å²) in [5.74, 6) is -0.387. The molecule has 0 saturated carbocycles. The van der Waals surface area contributed by atoms with Crippen LogP contribution in [-0.4, -0.2) is 36.6 Å². The van der Waals surface area contributed by atoms with E-state index in [-0.39, 0.29) is 5.69 Å². The van der Waals surface area contributed by atoms with E-state index in [9.17, 15) is 12.8 Å². The molecule has 2 N–H and O–H groups in total. The summed E-state index contributed by atoms with van der Waals surface area (Å²) in [6.45, 7) is 0.805. The first kappa shape index (κ1) is 20.8. The van der Waals surface area contributed by atoms with Crippen molar-refractivity contribution in [2.24, 2.45) is 0 Å². The number of halogens is 2. The zero-order valence-corrected chi connectivity index (χ0v) is 18.0. The Morgan fingerprint density at radius 1 is 1.09 bits per heavy atom. The van der Waals surface area contributed by atoms with E-state index in [1.165, 1.54) is 18.3 Å². The van der Waals surface area contributed by atoms with E-state index in [4.69, 9.17) is 21.1 Å². The molecule has 0 bridgehead atoms. The lowest BCUT2D eigenvalue weighted by Crippen LogP contribution is -2.15. The first-order valence-corrected chi connectivity index (χ1v) is 11.4. The van der Waals surface area contributed by atoms with Crippen LogP contribution in [0.25, 0.3) is 22.6 Å². The summed E-state index contributed by atoms with van der Waals surface area (Å²) < 4.78 is 53.2. The Morgan fingerprint density at radius 3 is 2.62 bits per heavy atom. The van der Waals surface area contributed by atoms with Crippen molar-refractivity contribution in [3.05, 3.63) is 71.1 Å². The van der Waals surface area contributed by atoms with Crippen molar-refractivity contribution in [1.82, 2.24) is 15.0 Å². The number of anilines is 1. The van der Waals surface area contributed by atoms with E-state index in [0.29, 0.717) is 46.4 Å². The number of nitrogens with zero attached hydrogens (tertiary/aromatic N) is 2. The summed E-state index contributed by atoms with van der Waals surface area (Å²) in [5.41, 5.74) is 2.46. The van der Waals surface area contributed by atoms with Gasteiger partial charge in [-0.3, -0.25) is 9.71 Å². The summed E-state index contributed by atoms with van der Waals surface area (Å²) in [7, 11) is -4.17. The fourth-order valence-corrected chi connectivity index (χ4v) is 4.57. The molecule has 164 valence electrons. The van der Waals surface area contributed by atoms with Crippen molar-refractivity contribution in [1.29, 1.82) is 0 Å². The van der Waals surface area contributed by atoms with Gasteiger partial charge in [0.15, 0.2) is 12.1 Å². The van der Waals surface area contributed by atoms with Crippen LogP contribution in [0.1, 0.15) is 11.9 Å². The highest BCUT2D eigenvalue weighted by atomic mass is 35.5. The molecule has 3 heterocycles. The molecule has 1 aliphatic rings. The number of sulfonamides is 1. The number of nitrogens with one attached hydrogen (secondary N) is 2. The minimum absolute atomic E-state index is 0.253. The SMILES string of the molecule is O=S(=O)(Nc1ccc2nc(-c3ccc(Cl)cn3)[nH]c2c1)c1ccc(C2OCCO2)cc1F. The predicted octanol–water partition coefficient (Wildman–Crippen LogP) is 4.26. The maximum absolute atomic E-state index is 14.6. The predicted molar refractivity (Wildman–Crippen MR) is 116 cm³/mol. The van der Waals surface area contributed by atoms with E-state index in [1.807, 2.05) is 0 Å². The number of aromatic nitrogens is 3. The van der Waals surface area contributed by atoms with Gasteiger partial charge in [0.2, 0.25) is 0 Å². The maximum Gasteiger partial charge on any atom is 0.264 e. The van der Waals surface area contributed by atoms with Crippen molar-refractivity contribution in [3.63, 3.8) is 0 Å². The van der Waals surface area contributed by atoms with Crippen LogP contribution < -0.4 is 4.72 Å². The number of rotatable bonds is 5. The lowest BCUT2D eigenvalue weighted by molar-refractivity contribution is -0.0443. The molecule has 32 heavy (non-hydrogen) atoms. The highest BCUT2D eigenvalue weighted by Crippen LogP contribution is 2.28. The minimum atomic E-state index is -4.17. The van der Waals surface area contributed by atoms with Gasteiger partial charge in [0.05, 0.1) is 35.0 Å². The third-order valence-corrected chi connectivity index (χ3v) is 6.48. The van der Waals surface area contributed by atoms with Crippen LogP contribution in [0.4, 0.5) is 10.1 Å². The second kappa shape index (κ2) is 8.14. The number of hydrogen-bond acceptors (Lipinski definition) is 6. The van der Waals surface area contributed by atoms with Crippen LogP contribution in [0.3, 0.4) is 0 Å². The highest BCUT2D eigenvalue weighted by molar-refractivity contribution is 7.92. The lowest BCUT2D eigenvalue weighted by atomic mass is 10.2. The third-order valence-electron chi connectivity index (χ3n) is 4.84. The molecule has 5 rings (SSSR count). The van der Waals surface area contributed by atoms with Crippen LogP contribution >= 0.6 is 11.6 Å². The molecule has 8 nitrogen and oxygen atoms in total. The van der Waals surface area contributed by atoms with Gasteiger partial charge in [0.25, 0.3) is 10.0 Å². The Bertz CT molecular complexity index is 1400. The van der Waals surface area contributed by atoms with Gasteiger partial charge in [-0.05, 0) is 42.5 Å². The van der Waals surface area contributed by atoms with Crippen molar-refractivity contribution in [2.75, 3.05) is 17.9 Å². The summed E-state index contributed by atoms with van der Waals surface area (Å²) in [5, 5.41) is 0.505. The van der Waals surface area contributed by atoms with Gasteiger partial charge in [-0.15, -0.1) is 0 Å². The number of imidazole rings is 1. The average Bonchev–Trinajstić information content (AvgIpc) is 3.43. The lowest BCUT2D eigenvalue weighted by Gasteiger charge is -2.12. The third kappa shape index (κ3) is 4.05. The molecular formula is C21H16ClFN4O4S. The van der Waals surface area contributed by atoms with Crippen LogP contribution in [0.5, 0.6) is 0 Å². The minimum Gasteiger partial charge on any atom is -0.346 e. The first-order valence-electron chi connectivity index (χ1n) is 9.56. The zero-order chi connectivity index (χ0) is 22.3. The number of H-pyrrole nitrogens is 1. The molecule has 2 aromatic heterocycles. The summed E-state index contributed by atoms with van der Waals surface area (Å²) in [6.07, 6.45) is 0.815. The summed E-state index contributed by atoms with van der Waals surface area (Å²) in [4.78, 5) is 11.3. The summed E-state index contributed by atoms with van der Waals surface area (Å²) in [6, 6.07) is 12.0. The van der Waals surface area contributed by atoms with Gasteiger partial charge < -0.3 is 14.5 Å². The number of benzene rings is 2. The van der Waals surface area contributed by atoms with Gasteiger partial charge in [-0.25, -0.2) is 17.8 Å². The van der Waals surface area contributed by atoms with Crippen molar-refractivity contribution < 1.29 is 22.3 Å². The van der Waals surface area contributed by atoms with Crippen LogP contribution in [0.2, 0.25) is 5.02 Å². The fraction of sp³-hybridized carbons (Fsp3) is 0.143. The number of pyridine rings is 1. The number of hydrogen-bond donors (Lipinski definition) is 2. The number of aromatic amines is 1. The second-order valence-corrected chi connectivity index (χ2v) is 9.14. The monoisotopic (exact) mass is 474 g/mol. The molecule has 0 unspecified atom stereocenters. The van der Waals surface area contributed by atoms with E-state index in [0.717, 1.165) is 6.07 Å². The Labute approximate surface area is 187 Å². The fourth-order valence-electron chi connectivity index (χ4n) is 3.35. The summed E-state index contributed by atoms with van der Waals surface area (Å²) >= 11 is 5.87. The van der Waals surface area contributed by atoms with Crippen LogP contribution in [-0.2, 0) is 19.5 Å². The van der Waals surface area contributed by atoms with Gasteiger partial charge in [0.1, 0.15) is 16.4 Å². The topological polar surface area (TPSA) is 106 Å². The molecule has 1 fully saturated rings. The Kier molecular flexibility index (Phi) is 5.30. The van der Waals surface area contributed by atoms with Gasteiger partial charge in [0, 0.05) is 11.8 Å². The van der Waals surface area contributed by atoms with Gasteiger partial charge in [-0.2, -0.15) is 0 Å². The quantitative estimate of drug-likeness (QED) is 0.447. The van der Waals surface area contributed by atoms with Crippen LogP contribution in [0.15, 0.2) is 59.6 Å². The maximum atomic E-state index is 14.6. The van der Waals surface area contributed by atoms with Gasteiger partial charge >= 0.3 is 0 Å². The van der Waals surface area contributed by atoms with Crippen molar-refractivity contribution >= 4 is 38.3 Å². The standard InChI is InChI=1S/C21H16ClFN4O4S/c22-13-2-4-17(24-11-13)20-25-16-5-3-14(10-18(16)26-20)27-32(28,29)19-6-1-12(9-15(19)23)21-30-7-8-31-21/h1-6,9-11,21,27H,7-8H2,(H,25,26). The largest absolute Gasteiger partial charge is 0.346 e. The molecule has 2 aromatic carbocycles. The second-order valence-electron chi connectivity index (χ2n) is 7.05. The van der Waals surface area contributed by atoms with E-state index in [2.05, 4.69) is 19.7 Å². The molecule has 4 aromatic rings. The smallest absolute Gasteiger partial charge is 0.264 e. The highest BCUT2D eigenvalue weighted by Gasteiger charge is 2.24. The Hall–Kier alpha value is -3.05. The molecule has 0 amide bonds. The molecule has 11 heteroatoms. The molecule has 1 aliphatic heterocycles. The molecule has 0 radical (unpaired) electrons. The number of fused-ring (bicyclic) bond motifs is 1. The zero-order valence-electron chi connectivity index (χ0n) is 16.4. The van der Waals surface area contributed by atoms with Crippen LogP contribution in [0, 0.1) is 5.82 Å². The van der Waals surface area contributed by atoms with Crippen molar-refractivity contribution in [2.45, 2.75) is 11.2 Å². The molecule has 1 saturated heterocycles. The van der Waals surface area contributed by atoms with E-state index < -0.39 is 27.0 Å². The molecule has 0 aliphatic carbocycles. The molecule has 0 atom stereocenters. The van der Waals surface area contributed by atoms with E-state index in [1.54, 1.807) is 30.3 Å². The van der Waals surface area contributed by atoms with Crippen molar-refractivity contribution in [3.8, 4) is 11.5 Å². The molecule has 0 spiro atoms. The Balaban J connectivity index is 1.41. The van der Waals surface area contributed by atoms with Gasteiger partial charge in [-0.1, -0.05) is 17.7 Å². The number of ether oxygens (including phenoxy) is 2. The first-order chi connectivity index (χ1) is 15.4. The normalized spacial score (nSPS) is 14.8. The van der Waals surface area contributed by atoms with E-state index >= 15 is 0 Å². The Morgan fingerprint density at radius 2 is 1.91 bits per heavy atom. The average molecular weight is 475 g/mol.